The minimum atomic E-state index is -0.706. The Balaban J connectivity index is 3.37. The molecular formula is C8H16FNO3. The number of halogens is 1. The zero-order valence-electron chi connectivity index (χ0n) is 8.25. The van der Waals surface area contributed by atoms with Crippen molar-refractivity contribution in [1.29, 1.82) is 0 Å². The summed E-state index contributed by atoms with van der Waals surface area (Å²) in [5.41, 5.74) is 0. The topological polar surface area (TPSA) is 38.8 Å². The second-order valence-corrected chi connectivity index (χ2v) is 2.96. The van der Waals surface area contributed by atoms with Crippen LogP contribution in [0.15, 0.2) is 0 Å². The van der Waals surface area contributed by atoms with Crippen LogP contribution in [0.4, 0.5) is 9.18 Å². The van der Waals surface area contributed by atoms with Gasteiger partial charge in [-0.3, -0.25) is 4.90 Å². The average Bonchev–Trinajstić information content (AvgIpc) is 2.02. The van der Waals surface area contributed by atoms with Gasteiger partial charge in [-0.2, -0.15) is 0 Å². The summed E-state index contributed by atoms with van der Waals surface area (Å²) in [6, 6.07) is 0. The van der Waals surface area contributed by atoms with Gasteiger partial charge in [0.2, 0.25) is 0 Å². The lowest BCUT2D eigenvalue weighted by atomic mass is 10.5. The summed E-state index contributed by atoms with van der Waals surface area (Å²) in [5, 5.41) is 0. The quantitative estimate of drug-likeness (QED) is 0.488. The van der Waals surface area contributed by atoms with E-state index in [1.807, 2.05) is 0 Å². The highest BCUT2D eigenvalue weighted by atomic mass is 19.1. The third-order valence-electron chi connectivity index (χ3n) is 1.23. The van der Waals surface area contributed by atoms with E-state index >= 15 is 0 Å². The van der Waals surface area contributed by atoms with Gasteiger partial charge in [-0.1, -0.05) is 0 Å². The number of hydrogen-bond donors (Lipinski definition) is 0. The predicted octanol–water partition coefficient (Wildman–Crippen LogP) is 1.41. The van der Waals surface area contributed by atoms with E-state index < -0.39 is 13.0 Å². The molecule has 0 aromatic rings. The number of nitrogens with zero attached hydrogens (tertiary/aromatic N) is 1. The van der Waals surface area contributed by atoms with Crippen molar-refractivity contribution in [2.45, 2.75) is 20.0 Å². The van der Waals surface area contributed by atoms with Crippen LogP contribution < -0.4 is 0 Å². The summed E-state index contributed by atoms with van der Waals surface area (Å²) >= 11 is 0. The molecule has 0 radical (unpaired) electrons. The maximum absolute atomic E-state index is 11.9. The van der Waals surface area contributed by atoms with Crippen molar-refractivity contribution >= 4 is 6.16 Å². The van der Waals surface area contributed by atoms with E-state index in [-0.39, 0.29) is 12.7 Å². The molecule has 0 fully saturated rings. The summed E-state index contributed by atoms with van der Waals surface area (Å²) in [6.07, 6.45) is -0.895. The van der Waals surface area contributed by atoms with Gasteiger partial charge >= 0.3 is 6.16 Å². The summed E-state index contributed by atoms with van der Waals surface area (Å²) in [4.78, 5) is 12.2. The van der Waals surface area contributed by atoms with Crippen molar-refractivity contribution < 1.29 is 18.7 Å². The number of alkyl halides is 1. The summed E-state index contributed by atoms with van der Waals surface area (Å²) in [5.74, 6) is 0. The number of carbonyl (C=O) groups excluding carboxylic acids is 1. The largest absolute Gasteiger partial charge is 0.508 e. The minimum Gasteiger partial charge on any atom is -0.433 e. The predicted molar refractivity (Wildman–Crippen MR) is 46.2 cm³/mol. The maximum Gasteiger partial charge on any atom is 0.508 e. The first kappa shape index (κ1) is 12.2. The van der Waals surface area contributed by atoms with Crippen LogP contribution in [-0.2, 0) is 9.47 Å². The first-order chi connectivity index (χ1) is 6.06. The Hall–Kier alpha value is -0.840. The first-order valence-electron chi connectivity index (χ1n) is 4.14. The lowest BCUT2D eigenvalue weighted by Crippen LogP contribution is -2.24. The van der Waals surface area contributed by atoms with E-state index in [1.165, 1.54) is 4.90 Å². The number of hydrogen-bond acceptors (Lipinski definition) is 4. The molecule has 0 saturated carbocycles. The van der Waals surface area contributed by atoms with E-state index in [0.29, 0.717) is 6.54 Å². The molecule has 0 N–H and O–H groups in total. The van der Waals surface area contributed by atoms with Gasteiger partial charge in [-0.05, 0) is 20.9 Å². The van der Waals surface area contributed by atoms with Crippen LogP contribution in [0.1, 0.15) is 13.8 Å². The van der Waals surface area contributed by atoms with Gasteiger partial charge in [0.15, 0.2) is 0 Å². The van der Waals surface area contributed by atoms with Gasteiger partial charge in [-0.25, -0.2) is 9.18 Å². The Morgan fingerprint density at radius 1 is 1.54 bits per heavy atom. The zero-order valence-corrected chi connectivity index (χ0v) is 8.25. The molecule has 0 saturated heterocycles. The van der Waals surface area contributed by atoms with Crippen LogP contribution in [0.25, 0.3) is 0 Å². The molecule has 0 aromatic carbocycles. The van der Waals surface area contributed by atoms with E-state index in [4.69, 9.17) is 4.74 Å². The molecule has 0 aromatic heterocycles. The van der Waals surface area contributed by atoms with Crippen molar-refractivity contribution in [3.63, 3.8) is 0 Å². The van der Waals surface area contributed by atoms with E-state index in [9.17, 15) is 9.18 Å². The molecular weight excluding hydrogens is 177 g/mol. The number of ether oxygens (including phenoxy) is 2. The Morgan fingerprint density at radius 2 is 2.15 bits per heavy atom. The first-order valence-corrected chi connectivity index (χ1v) is 4.14. The highest BCUT2D eigenvalue weighted by Gasteiger charge is 2.06. The second kappa shape index (κ2) is 6.65. The van der Waals surface area contributed by atoms with E-state index in [1.54, 1.807) is 20.9 Å². The molecule has 13 heavy (non-hydrogen) atoms. The van der Waals surface area contributed by atoms with Crippen molar-refractivity contribution in [3.8, 4) is 0 Å². The van der Waals surface area contributed by atoms with Gasteiger partial charge < -0.3 is 9.47 Å². The number of carbonyl (C=O) groups is 1. The third kappa shape index (κ3) is 7.52. The molecule has 0 aliphatic carbocycles. The molecule has 0 spiro atoms. The lowest BCUT2D eigenvalue weighted by molar-refractivity contribution is 0.0283. The molecule has 0 aliphatic rings. The smallest absolute Gasteiger partial charge is 0.433 e. The van der Waals surface area contributed by atoms with E-state index in [2.05, 4.69) is 4.74 Å². The molecule has 0 bridgehead atoms. The molecule has 5 heteroatoms. The lowest BCUT2D eigenvalue weighted by Gasteiger charge is -2.12. The summed E-state index contributed by atoms with van der Waals surface area (Å²) in [7, 11) is 1.59. The van der Waals surface area contributed by atoms with Crippen molar-refractivity contribution in [1.82, 2.24) is 4.90 Å². The standard InChI is InChI=1S/C8H16FNO3/c1-7(2)13-8(11)12-5-4-10(3)6-9/h7H,4-6H2,1-3H3. The Bertz CT molecular complexity index is 152. The summed E-state index contributed by atoms with van der Waals surface area (Å²) in [6.45, 7) is 3.42. The van der Waals surface area contributed by atoms with Gasteiger partial charge in [0.05, 0.1) is 6.10 Å². The normalized spacial score (nSPS) is 10.6. The average molecular weight is 193 g/mol. The third-order valence-corrected chi connectivity index (χ3v) is 1.23. The second-order valence-electron chi connectivity index (χ2n) is 2.96. The van der Waals surface area contributed by atoms with Crippen LogP contribution in [0.3, 0.4) is 0 Å². The SMILES string of the molecule is CC(C)OC(=O)OCCN(C)CF. The fraction of sp³-hybridized carbons (Fsp3) is 0.875. The molecule has 0 aliphatic heterocycles. The zero-order chi connectivity index (χ0) is 10.3. The van der Waals surface area contributed by atoms with Crippen LogP contribution in [0, 0.1) is 0 Å². The number of likely N-dealkylation sites (N-methyl/N-ethyl adjacent to an activating group) is 1. The van der Waals surface area contributed by atoms with Crippen LogP contribution >= 0.6 is 0 Å². The molecule has 0 amide bonds. The molecule has 0 heterocycles. The van der Waals surface area contributed by atoms with Gasteiger partial charge in [0.25, 0.3) is 0 Å². The fourth-order valence-corrected chi connectivity index (χ4v) is 0.571. The molecule has 78 valence electrons. The van der Waals surface area contributed by atoms with Crippen LogP contribution in [-0.4, -0.2) is 44.2 Å². The Labute approximate surface area is 77.6 Å². The van der Waals surface area contributed by atoms with E-state index in [0.717, 1.165) is 0 Å². The number of rotatable bonds is 5. The Kier molecular flexibility index (Phi) is 6.22. The molecule has 0 atom stereocenters. The highest BCUT2D eigenvalue weighted by Crippen LogP contribution is 1.93. The van der Waals surface area contributed by atoms with Crippen molar-refractivity contribution in [2.24, 2.45) is 0 Å². The Morgan fingerprint density at radius 3 is 2.62 bits per heavy atom. The van der Waals surface area contributed by atoms with Gasteiger partial charge in [0, 0.05) is 6.54 Å². The maximum atomic E-state index is 11.9. The van der Waals surface area contributed by atoms with Crippen molar-refractivity contribution in [2.75, 3.05) is 27.0 Å². The minimum absolute atomic E-state index is 0.145. The molecule has 4 nitrogen and oxygen atoms in total. The van der Waals surface area contributed by atoms with Crippen molar-refractivity contribution in [3.05, 3.63) is 0 Å². The molecule has 0 rings (SSSR count). The van der Waals surface area contributed by atoms with Crippen LogP contribution in [0.2, 0.25) is 0 Å². The molecule has 0 unspecified atom stereocenters. The van der Waals surface area contributed by atoms with Gasteiger partial charge in [0.1, 0.15) is 13.4 Å². The van der Waals surface area contributed by atoms with Gasteiger partial charge in [-0.15, -0.1) is 0 Å². The highest BCUT2D eigenvalue weighted by molar-refractivity contribution is 5.59. The van der Waals surface area contributed by atoms with Crippen LogP contribution in [0.5, 0.6) is 0 Å². The summed E-state index contributed by atoms with van der Waals surface area (Å²) < 4.78 is 21.2. The monoisotopic (exact) mass is 193 g/mol. The fourth-order valence-electron chi connectivity index (χ4n) is 0.571.